The molecule has 3 aromatic heterocycles. The first-order valence-corrected chi connectivity index (χ1v) is 12.8. The fraction of sp³-hybridized carbons (Fsp3) is 0.182. The number of aliphatic hydroxyl groups is 1. The Morgan fingerprint density at radius 1 is 1.14 bits per heavy atom. The third-order valence-corrected chi connectivity index (χ3v) is 7.65. The van der Waals surface area contributed by atoms with E-state index in [1.165, 1.54) is 19.4 Å². The van der Waals surface area contributed by atoms with Crippen LogP contribution in [0.2, 0.25) is 0 Å². The highest BCUT2D eigenvalue weighted by Crippen LogP contribution is 2.31. The Hall–Kier alpha value is -3.65. The Morgan fingerprint density at radius 2 is 1.97 bits per heavy atom. The number of nitrogens with one attached hydrogen (secondary N) is 3. The summed E-state index contributed by atoms with van der Waals surface area (Å²) in [5.41, 5.74) is 7.81. The van der Waals surface area contributed by atoms with Crippen LogP contribution in [0.1, 0.15) is 15.2 Å². The van der Waals surface area contributed by atoms with Crippen LogP contribution in [0.4, 0.5) is 11.6 Å². The van der Waals surface area contributed by atoms with Crippen LogP contribution in [0.25, 0.3) is 21.3 Å². The van der Waals surface area contributed by atoms with E-state index < -0.39 is 15.9 Å². The van der Waals surface area contributed by atoms with Gasteiger partial charge in [0.1, 0.15) is 22.9 Å². The number of aliphatic hydroxyl groups excluding tert-OH is 1. The van der Waals surface area contributed by atoms with Crippen molar-refractivity contribution in [2.45, 2.75) is 11.4 Å². The summed E-state index contributed by atoms with van der Waals surface area (Å²) >= 11 is 1.55. The number of rotatable bonds is 9. The first kappa shape index (κ1) is 24.5. The van der Waals surface area contributed by atoms with Crippen molar-refractivity contribution in [3.05, 3.63) is 59.4 Å². The average Bonchev–Trinajstić information content (AvgIpc) is 3.35. The number of amides is 1. The lowest BCUT2D eigenvalue weighted by Gasteiger charge is -2.12. The smallest absolute Gasteiger partial charge is 0.254 e. The third-order valence-electron chi connectivity index (χ3n) is 5.09. The molecule has 1 amide bonds. The zero-order chi connectivity index (χ0) is 25.0. The van der Waals surface area contributed by atoms with Gasteiger partial charge in [0.2, 0.25) is 10.0 Å². The van der Waals surface area contributed by atoms with Gasteiger partial charge in [-0.05, 0) is 35.9 Å². The summed E-state index contributed by atoms with van der Waals surface area (Å²) in [4.78, 5) is 26.7. The zero-order valence-corrected chi connectivity index (χ0v) is 20.3. The quantitative estimate of drug-likeness (QED) is 0.223. The van der Waals surface area contributed by atoms with Crippen molar-refractivity contribution in [2.24, 2.45) is 0 Å². The van der Waals surface area contributed by atoms with Gasteiger partial charge >= 0.3 is 0 Å². The third kappa shape index (κ3) is 5.38. The molecule has 0 radical (unpaired) electrons. The number of sulfonamides is 1. The highest BCUT2D eigenvalue weighted by atomic mass is 32.2. The lowest BCUT2D eigenvalue weighted by molar-refractivity contribution is 0.0963. The largest absolute Gasteiger partial charge is 0.395 e. The standard InChI is InChI=1S/C22H23N7O4S2/c1-24-22(31)17-9-15(35(32,33)29-6-7-30)11-26-21(17)25-10-14-3-5-19(34-14)13-2-4-18-16(8-13)20(23)28-12-27-18/h2-5,8-9,11-12,29-30H,6-7,10H2,1H3,(H,24,31)(H,25,26)(H2,23,27,28). The van der Waals surface area contributed by atoms with Crippen LogP contribution in [0.3, 0.4) is 0 Å². The van der Waals surface area contributed by atoms with Gasteiger partial charge in [-0.15, -0.1) is 11.3 Å². The second-order valence-corrected chi connectivity index (χ2v) is 10.3. The molecule has 11 nitrogen and oxygen atoms in total. The zero-order valence-electron chi connectivity index (χ0n) is 18.6. The van der Waals surface area contributed by atoms with Crippen molar-refractivity contribution in [3.8, 4) is 10.4 Å². The molecule has 0 aliphatic rings. The molecule has 13 heteroatoms. The van der Waals surface area contributed by atoms with Crippen molar-refractivity contribution in [1.29, 1.82) is 0 Å². The van der Waals surface area contributed by atoms with Crippen molar-refractivity contribution in [1.82, 2.24) is 25.0 Å². The second-order valence-electron chi connectivity index (χ2n) is 7.38. The van der Waals surface area contributed by atoms with Gasteiger partial charge < -0.3 is 21.5 Å². The normalized spacial score (nSPS) is 11.5. The monoisotopic (exact) mass is 513 g/mol. The lowest BCUT2D eigenvalue weighted by atomic mass is 10.1. The fourth-order valence-electron chi connectivity index (χ4n) is 3.33. The number of anilines is 2. The molecule has 1 aromatic carbocycles. The molecule has 35 heavy (non-hydrogen) atoms. The number of carbonyl (C=O) groups is 1. The van der Waals surface area contributed by atoms with Crippen LogP contribution in [-0.2, 0) is 16.6 Å². The number of benzene rings is 1. The molecule has 4 aromatic rings. The molecule has 0 atom stereocenters. The van der Waals surface area contributed by atoms with Gasteiger partial charge in [-0.1, -0.05) is 6.07 Å². The topological polar surface area (TPSA) is 172 Å². The summed E-state index contributed by atoms with van der Waals surface area (Å²) in [6.45, 7) is -0.123. The van der Waals surface area contributed by atoms with E-state index in [0.717, 1.165) is 32.4 Å². The summed E-state index contributed by atoms with van der Waals surface area (Å²) in [5.74, 6) is 0.179. The van der Waals surface area contributed by atoms with Gasteiger partial charge in [-0.25, -0.2) is 28.1 Å². The number of carbonyl (C=O) groups excluding carboxylic acids is 1. The fourth-order valence-corrected chi connectivity index (χ4v) is 5.27. The first-order chi connectivity index (χ1) is 16.8. The van der Waals surface area contributed by atoms with Gasteiger partial charge in [-0.3, -0.25) is 4.79 Å². The summed E-state index contributed by atoms with van der Waals surface area (Å²) in [6.07, 6.45) is 2.59. The van der Waals surface area contributed by atoms with Crippen LogP contribution in [0.15, 0.2) is 53.8 Å². The molecular weight excluding hydrogens is 490 g/mol. The lowest BCUT2D eigenvalue weighted by Crippen LogP contribution is -2.28. The Kier molecular flexibility index (Phi) is 7.21. The van der Waals surface area contributed by atoms with Crippen LogP contribution in [0.5, 0.6) is 0 Å². The SMILES string of the molecule is CNC(=O)c1cc(S(=O)(=O)NCCO)cnc1NCc1ccc(-c2ccc3ncnc(N)c3c2)s1. The number of nitrogens with two attached hydrogens (primary N) is 1. The summed E-state index contributed by atoms with van der Waals surface area (Å²) < 4.78 is 26.9. The van der Waals surface area contributed by atoms with E-state index in [0.29, 0.717) is 12.4 Å². The molecule has 0 saturated carbocycles. The van der Waals surface area contributed by atoms with Crippen molar-refractivity contribution >= 4 is 49.8 Å². The Bertz CT molecular complexity index is 1490. The molecule has 0 spiro atoms. The second kappa shape index (κ2) is 10.3. The average molecular weight is 514 g/mol. The molecule has 0 unspecified atom stereocenters. The Labute approximate surface area is 205 Å². The molecule has 0 aliphatic heterocycles. The van der Waals surface area contributed by atoms with E-state index >= 15 is 0 Å². The maximum atomic E-state index is 12.4. The molecule has 182 valence electrons. The minimum atomic E-state index is -3.91. The van der Waals surface area contributed by atoms with Crippen LogP contribution < -0.4 is 21.1 Å². The number of fused-ring (bicyclic) bond motifs is 1. The van der Waals surface area contributed by atoms with E-state index in [-0.39, 0.29) is 29.4 Å². The summed E-state index contributed by atoms with van der Waals surface area (Å²) in [6, 6.07) is 11.0. The molecule has 6 N–H and O–H groups in total. The molecule has 3 heterocycles. The Balaban J connectivity index is 1.55. The Morgan fingerprint density at radius 3 is 2.74 bits per heavy atom. The van der Waals surface area contributed by atoms with Crippen LogP contribution >= 0.6 is 11.3 Å². The van der Waals surface area contributed by atoms with Gasteiger partial charge in [-0.2, -0.15) is 0 Å². The molecule has 0 fully saturated rings. The van der Waals surface area contributed by atoms with E-state index in [9.17, 15) is 13.2 Å². The van der Waals surface area contributed by atoms with Gasteiger partial charge in [0.15, 0.2) is 0 Å². The molecule has 0 aliphatic carbocycles. The number of nitrogen functional groups attached to an aromatic ring is 1. The predicted molar refractivity (Wildman–Crippen MR) is 134 cm³/mol. The molecule has 0 bridgehead atoms. The minimum Gasteiger partial charge on any atom is -0.395 e. The van der Waals surface area contributed by atoms with Gasteiger partial charge in [0, 0.05) is 34.9 Å². The molecule has 4 rings (SSSR count). The molecule has 0 saturated heterocycles. The van der Waals surface area contributed by atoms with E-state index in [1.54, 1.807) is 11.3 Å². The number of hydrogen-bond acceptors (Lipinski definition) is 10. The first-order valence-electron chi connectivity index (χ1n) is 10.5. The number of thiophene rings is 1. The van der Waals surface area contributed by atoms with E-state index in [4.69, 9.17) is 10.8 Å². The number of hydrogen-bond donors (Lipinski definition) is 5. The van der Waals surface area contributed by atoms with Gasteiger partial charge in [0.25, 0.3) is 5.91 Å². The minimum absolute atomic E-state index is 0.0844. The van der Waals surface area contributed by atoms with Gasteiger partial charge in [0.05, 0.1) is 24.2 Å². The maximum absolute atomic E-state index is 12.4. The number of pyridine rings is 1. The van der Waals surface area contributed by atoms with Crippen molar-refractivity contribution in [2.75, 3.05) is 31.2 Å². The highest BCUT2D eigenvalue weighted by molar-refractivity contribution is 7.89. The maximum Gasteiger partial charge on any atom is 0.254 e. The highest BCUT2D eigenvalue weighted by Gasteiger charge is 2.20. The predicted octanol–water partition coefficient (Wildman–Crippen LogP) is 1.58. The van der Waals surface area contributed by atoms with Crippen LogP contribution in [0, 0.1) is 0 Å². The number of aromatic nitrogens is 3. The van der Waals surface area contributed by atoms with Crippen molar-refractivity contribution < 1.29 is 18.3 Å². The van der Waals surface area contributed by atoms with Crippen molar-refractivity contribution in [3.63, 3.8) is 0 Å². The van der Waals surface area contributed by atoms with E-state index in [2.05, 4.69) is 30.3 Å². The van der Waals surface area contributed by atoms with E-state index in [1.807, 2.05) is 30.3 Å². The number of nitrogens with zero attached hydrogens (tertiary/aromatic N) is 3. The summed E-state index contributed by atoms with van der Waals surface area (Å²) in [7, 11) is -2.46. The summed E-state index contributed by atoms with van der Waals surface area (Å²) in [5, 5.41) is 15.3. The molecular formula is C22H23N7O4S2. The van der Waals surface area contributed by atoms with Crippen LogP contribution in [-0.4, -0.2) is 54.6 Å².